The fourth-order valence-electron chi connectivity index (χ4n) is 4.07. The number of hydrogen-bond donors (Lipinski definition) is 2. The molecule has 2 aromatic carbocycles. The Bertz CT molecular complexity index is 902. The number of rotatable bonds is 6. The van der Waals surface area contributed by atoms with E-state index < -0.39 is 20.0 Å². The van der Waals surface area contributed by atoms with Gasteiger partial charge in [0.2, 0.25) is 0 Å². The van der Waals surface area contributed by atoms with E-state index in [1.165, 1.54) is 0 Å². The molecule has 0 saturated carbocycles. The van der Waals surface area contributed by atoms with Gasteiger partial charge in [-0.1, -0.05) is 0 Å². The molecular formula is C26H40N2O6Si. The zero-order valence-corrected chi connectivity index (χ0v) is 22.9. The first-order valence-corrected chi connectivity index (χ1v) is 14.7. The van der Waals surface area contributed by atoms with Crippen LogP contribution in [-0.4, -0.2) is 38.6 Å². The second-order valence-electron chi connectivity index (χ2n) is 10.6. The van der Waals surface area contributed by atoms with Gasteiger partial charge in [-0.15, -0.1) is 0 Å². The third kappa shape index (κ3) is 7.05. The predicted molar refractivity (Wildman–Crippen MR) is 137 cm³/mol. The van der Waals surface area contributed by atoms with Crippen LogP contribution in [0.3, 0.4) is 0 Å². The molecule has 0 unspecified atom stereocenters. The molecule has 0 saturated heterocycles. The number of benzene rings is 2. The molecule has 0 aliphatic carbocycles. The van der Waals surface area contributed by atoms with Crippen molar-refractivity contribution in [2.45, 2.75) is 78.6 Å². The average Bonchev–Trinajstić information content (AvgIpc) is 3.23. The van der Waals surface area contributed by atoms with E-state index in [9.17, 15) is 4.79 Å². The van der Waals surface area contributed by atoms with Crippen LogP contribution in [0.4, 0.5) is 4.79 Å². The summed E-state index contributed by atoms with van der Waals surface area (Å²) in [6.45, 7) is 14.7. The van der Waals surface area contributed by atoms with Gasteiger partial charge in [0, 0.05) is 0 Å². The summed E-state index contributed by atoms with van der Waals surface area (Å²) < 4.78 is 30.3. The third-order valence-electron chi connectivity index (χ3n) is 5.13. The molecule has 0 fully saturated rings. The zero-order chi connectivity index (χ0) is 25.7. The number of para-hydroxylation sites is 4. The fraction of sp³-hybridized carbons (Fsp3) is 0.500. The first-order valence-electron chi connectivity index (χ1n) is 12.3. The molecule has 0 aromatic heterocycles. The minimum Gasteiger partial charge on any atom is -0.342 e. The molecule has 0 radical (unpaired) electrons. The predicted octanol–water partition coefficient (Wildman–Crippen LogP) is 4.60. The minimum absolute atomic E-state index is 0.374. The number of quaternary nitrogens is 1. The van der Waals surface area contributed by atoms with Crippen molar-refractivity contribution in [2.75, 3.05) is 6.54 Å². The molecule has 1 amide bonds. The van der Waals surface area contributed by atoms with Crippen LogP contribution < -0.4 is 28.3 Å². The van der Waals surface area contributed by atoms with Crippen LogP contribution in [0.2, 0.25) is 6.04 Å². The van der Waals surface area contributed by atoms with E-state index in [2.05, 4.69) is 38.3 Å². The number of ether oxygens (including phenoxy) is 1. The van der Waals surface area contributed by atoms with Gasteiger partial charge in [-0.3, -0.25) is 0 Å². The number of alkyl carbamates (subject to hydrolysis) is 1. The number of fused-ring (bicyclic) bond motifs is 2. The fourth-order valence-corrected chi connectivity index (χ4v) is 7.85. The maximum Gasteiger partial charge on any atom is 0.0803 e. The molecule has 8 nitrogen and oxygen atoms in total. The Hall–Kier alpha value is -2.91. The molecule has 0 bridgehead atoms. The summed E-state index contributed by atoms with van der Waals surface area (Å²) in [4.78, 5) is 11.9. The molecule has 2 aliphatic rings. The molecular weight excluding hydrogens is 464 g/mol. The number of nitrogens with one attached hydrogen (secondary N) is 1. The number of hydrogen-bond acceptors (Lipinski definition) is 6. The third-order valence-corrected chi connectivity index (χ3v) is 8.75. The van der Waals surface area contributed by atoms with Crippen molar-refractivity contribution in [2.24, 2.45) is 0 Å². The van der Waals surface area contributed by atoms with Gasteiger partial charge < -0.3 is 5.32 Å². The zero-order valence-electron chi connectivity index (χ0n) is 21.9. The molecule has 9 heteroatoms. The van der Waals surface area contributed by atoms with Crippen LogP contribution in [-0.2, 0) is 4.74 Å². The largest absolute Gasteiger partial charge is 0.342 e. The van der Waals surface area contributed by atoms with Gasteiger partial charge in [0.15, 0.2) is 0 Å². The van der Waals surface area contributed by atoms with Gasteiger partial charge in [0.1, 0.15) is 0 Å². The number of amides is 1. The van der Waals surface area contributed by atoms with Gasteiger partial charge in [-0.05, 0) is 27.7 Å². The molecule has 35 heavy (non-hydrogen) atoms. The topological polar surface area (TPSA) is 91.9 Å². The Labute approximate surface area is 209 Å². The maximum atomic E-state index is 11.9. The van der Waals surface area contributed by atoms with Crippen molar-refractivity contribution in [3.05, 3.63) is 48.5 Å². The standard InChI is InChI=1S/C20H24NO6Si.C6H15N/c1-20(2,3)23-19(22)21-13-8-14-28(24-15-9-4-5-10-16(15)25-28)26-17-11-6-7-12-18(17)27-28;1-5(2)7-6(3)4/h4-7,9-12H,8,13-14H2,1-3H3,(H,21,22);5-7H,1-4H3/q-1;/p+1. The summed E-state index contributed by atoms with van der Waals surface area (Å²) in [5.41, 5.74) is -0.543. The summed E-state index contributed by atoms with van der Waals surface area (Å²) in [5, 5.41) is 5.08. The monoisotopic (exact) mass is 504 g/mol. The number of carbonyl (C=O) groups excluding carboxylic acids is 1. The van der Waals surface area contributed by atoms with Crippen molar-refractivity contribution in [3.63, 3.8) is 0 Å². The summed E-state index contributed by atoms with van der Waals surface area (Å²) in [6.07, 6.45) is 0.0742. The average molecular weight is 505 g/mol. The van der Waals surface area contributed by atoms with E-state index in [1.807, 2.05) is 69.3 Å². The summed E-state index contributed by atoms with van der Waals surface area (Å²) in [5.74, 6) is 2.40. The van der Waals surface area contributed by atoms with E-state index in [0.29, 0.717) is 42.0 Å². The first kappa shape index (κ1) is 26.7. The van der Waals surface area contributed by atoms with E-state index >= 15 is 0 Å². The molecule has 194 valence electrons. The van der Waals surface area contributed by atoms with Crippen LogP contribution in [0.1, 0.15) is 54.9 Å². The molecule has 3 N–H and O–H groups in total. The molecule has 2 aliphatic heterocycles. The summed E-state index contributed by atoms with van der Waals surface area (Å²) in [7, 11) is -4.24. The van der Waals surface area contributed by atoms with Gasteiger partial charge in [0.25, 0.3) is 0 Å². The molecule has 4 rings (SSSR count). The van der Waals surface area contributed by atoms with Gasteiger partial charge in [-0.25, -0.2) is 0 Å². The van der Waals surface area contributed by atoms with Crippen molar-refractivity contribution in [3.8, 4) is 23.0 Å². The van der Waals surface area contributed by atoms with Crippen LogP contribution in [0, 0.1) is 0 Å². The summed E-state index contributed by atoms with van der Waals surface area (Å²) in [6, 6.07) is 16.7. The SMILES string of the molecule is CC(C)(C)OC(=O)NCCC[Si-]12(Oc3ccccc3O1)Oc1ccccc1O2.CC(C)[NH2+]C(C)C. The maximum absolute atomic E-state index is 11.9. The van der Waals surface area contributed by atoms with Crippen molar-refractivity contribution >= 4 is 14.4 Å². The molecule has 2 aromatic rings. The van der Waals surface area contributed by atoms with Crippen molar-refractivity contribution in [1.82, 2.24) is 5.32 Å². The molecule has 1 spiro atoms. The Kier molecular flexibility index (Phi) is 7.91. The van der Waals surface area contributed by atoms with E-state index in [4.69, 9.17) is 22.4 Å². The second-order valence-corrected chi connectivity index (χ2v) is 14.1. The second kappa shape index (κ2) is 10.4. The Morgan fingerprint density at radius 3 is 1.57 bits per heavy atom. The van der Waals surface area contributed by atoms with Crippen molar-refractivity contribution < 1.29 is 32.6 Å². The quantitative estimate of drug-likeness (QED) is 0.441. The number of carbonyl (C=O) groups is 1. The van der Waals surface area contributed by atoms with E-state index in [0.717, 1.165) is 12.1 Å². The Balaban J connectivity index is 0.000000429. The molecule has 2 heterocycles. The van der Waals surface area contributed by atoms with Crippen LogP contribution in [0.25, 0.3) is 0 Å². The smallest absolute Gasteiger partial charge is 0.0803 e. The van der Waals surface area contributed by atoms with Crippen molar-refractivity contribution in [1.29, 1.82) is 0 Å². The van der Waals surface area contributed by atoms with Gasteiger partial charge >= 0.3 is 164 Å². The van der Waals surface area contributed by atoms with Gasteiger partial charge in [0.05, 0.1) is 12.1 Å². The summed E-state index contributed by atoms with van der Waals surface area (Å²) >= 11 is 0. The van der Waals surface area contributed by atoms with Crippen LogP contribution >= 0.6 is 0 Å². The van der Waals surface area contributed by atoms with E-state index in [-0.39, 0.29) is 0 Å². The molecule has 0 atom stereocenters. The van der Waals surface area contributed by atoms with Gasteiger partial charge in [-0.2, -0.15) is 0 Å². The first-order chi connectivity index (χ1) is 16.4. The minimum atomic E-state index is -4.24. The van der Waals surface area contributed by atoms with E-state index in [1.54, 1.807) is 0 Å². The van der Waals surface area contributed by atoms with Crippen LogP contribution in [0.15, 0.2) is 48.5 Å². The Morgan fingerprint density at radius 2 is 1.26 bits per heavy atom. The Morgan fingerprint density at radius 1 is 0.857 bits per heavy atom. The normalized spacial score (nSPS) is 17.3. The van der Waals surface area contributed by atoms with Crippen LogP contribution in [0.5, 0.6) is 23.0 Å². The number of nitrogens with two attached hydrogens (primary N) is 1.